The number of hydrogen-bond acceptors (Lipinski definition) is 5. The fourth-order valence-corrected chi connectivity index (χ4v) is 3.50. The monoisotopic (exact) mass is 322 g/mol. The first-order chi connectivity index (χ1) is 10.5. The maximum absolute atomic E-state index is 11.9. The van der Waals surface area contributed by atoms with Crippen molar-refractivity contribution in [2.24, 2.45) is 0 Å². The molecule has 1 aromatic carbocycles. The van der Waals surface area contributed by atoms with E-state index in [-0.39, 0.29) is 5.92 Å². The lowest BCUT2D eigenvalue weighted by molar-refractivity contribution is 0.207. The van der Waals surface area contributed by atoms with Crippen molar-refractivity contribution in [1.29, 1.82) is 0 Å². The van der Waals surface area contributed by atoms with Crippen LogP contribution in [0.25, 0.3) is 0 Å². The van der Waals surface area contributed by atoms with Crippen LogP contribution in [0.3, 0.4) is 0 Å². The third kappa shape index (κ3) is 2.90. The summed E-state index contributed by atoms with van der Waals surface area (Å²) in [4.78, 5) is 4.38. The van der Waals surface area contributed by atoms with Gasteiger partial charge in [0.2, 0.25) is 5.89 Å². The first-order valence-electron chi connectivity index (χ1n) is 7.01. The molecule has 0 unspecified atom stereocenters. The van der Waals surface area contributed by atoms with E-state index >= 15 is 0 Å². The van der Waals surface area contributed by atoms with Gasteiger partial charge in [-0.3, -0.25) is 0 Å². The summed E-state index contributed by atoms with van der Waals surface area (Å²) in [6.07, 6.45) is 0.608. The molecule has 2 heterocycles. The second-order valence-electron chi connectivity index (χ2n) is 5.52. The Morgan fingerprint density at radius 2 is 1.95 bits per heavy atom. The zero-order valence-corrected chi connectivity index (χ0v) is 13.3. The Kier molecular flexibility index (Phi) is 3.98. The highest BCUT2D eigenvalue weighted by Gasteiger charge is 2.40. The standard InChI is InChI=1S/C14H18N4O3S/c1-17(2)22(19,20)18-9-12(10-18)14-15-13(16-21-14)8-11-6-4-3-5-7-11/h3-7,12H,8-10H2,1-2H3. The molecule has 8 heteroatoms. The molecule has 0 amide bonds. The fraction of sp³-hybridized carbons (Fsp3) is 0.429. The van der Waals surface area contributed by atoms with Crippen LogP contribution in [0.2, 0.25) is 0 Å². The van der Waals surface area contributed by atoms with Crippen molar-refractivity contribution in [3.63, 3.8) is 0 Å². The Balaban J connectivity index is 1.62. The summed E-state index contributed by atoms with van der Waals surface area (Å²) in [5.41, 5.74) is 1.11. The van der Waals surface area contributed by atoms with Gasteiger partial charge in [0.1, 0.15) is 0 Å². The van der Waals surface area contributed by atoms with Crippen molar-refractivity contribution in [2.75, 3.05) is 27.2 Å². The van der Waals surface area contributed by atoms with Crippen LogP contribution in [0.5, 0.6) is 0 Å². The quantitative estimate of drug-likeness (QED) is 0.816. The van der Waals surface area contributed by atoms with Crippen molar-refractivity contribution < 1.29 is 12.9 Å². The van der Waals surface area contributed by atoms with Gasteiger partial charge < -0.3 is 4.52 Å². The molecule has 118 valence electrons. The van der Waals surface area contributed by atoms with Crippen LogP contribution in [0.4, 0.5) is 0 Å². The molecule has 2 aromatic rings. The highest BCUT2D eigenvalue weighted by Crippen LogP contribution is 2.28. The second kappa shape index (κ2) is 5.79. The Labute approximate surface area is 129 Å². The summed E-state index contributed by atoms with van der Waals surface area (Å²) in [7, 11) is -0.304. The molecule has 7 nitrogen and oxygen atoms in total. The maximum atomic E-state index is 11.9. The lowest BCUT2D eigenvalue weighted by Crippen LogP contribution is -2.52. The summed E-state index contributed by atoms with van der Waals surface area (Å²) >= 11 is 0. The van der Waals surface area contributed by atoms with Gasteiger partial charge in [-0.1, -0.05) is 35.5 Å². The molecule has 1 saturated heterocycles. The van der Waals surface area contributed by atoms with E-state index < -0.39 is 10.2 Å². The number of rotatable bonds is 5. The van der Waals surface area contributed by atoms with Gasteiger partial charge in [-0.2, -0.15) is 22.0 Å². The van der Waals surface area contributed by atoms with Crippen LogP contribution < -0.4 is 0 Å². The van der Waals surface area contributed by atoms with Crippen molar-refractivity contribution in [1.82, 2.24) is 18.8 Å². The summed E-state index contributed by atoms with van der Waals surface area (Å²) in [5, 5.41) is 3.97. The number of nitrogens with zero attached hydrogens (tertiary/aromatic N) is 4. The van der Waals surface area contributed by atoms with Crippen LogP contribution in [0.1, 0.15) is 23.2 Å². The Bertz CT molecular complexity index is 736. The third-order valence-electron chi connectivity index (χ3n) is 3.67. The molecule has 3 rings (SSSR count). The van der Waals surface area contributed by atoms with Gasteiger partial charge in [0.05, 0.1) is 5.92 Å². The molecular weight excluding hydrogens is 304 g/mol. The van der Waals surface area contributed by atoms with Gasteiger partial charge in [0.25, 0.3) is 10.2 Å². The van der Waals surface area contributed by atoms with E-state index in [0.717, 1.165) is 5.56 Å². The van der Waals surface area contributed by atoms with Gasteiger partial charge in [-0.15, -0.1) is 0 Å². The fourth-order valence-electron chi connectivity index (χ4n) is 2.30. The van der Waals surface area contributed by atoms with Crippen molar-refractivity contribution in [2.45, 2.75) is 12.3 Å². The average Bonchev–Trinajstić information content (AvgIpc) is 2.86. The largest absolute Gasteiger partial charge is 0.339 e. The minimum absolute atomic E-state index is 0.0215. The van der Waals surface area contributed by atoms with Crippen LogP contribution in [-0.2, 0) is 16.6 Å². The van der Waals surface area contributed by atoms with E-state index in [1.807, 2.05) is 30.3 Å². The molecule has 0 spiro atoms. The van der Waals surface area contributed by atoms with E-state index in [2.05, 4.69) is 10.1 Å². The number of hydrogen-bond donors (Lipinski definition) is 0. The molecule has 1 aliphatic heterocycles. The number of benzene rings is 1. The van der Waals surface area contributed by atoms with Crippen molar-refractivity contribution in [3.8, 4) is 0 Å². The molecule has 0 N–H and O–H groups in total. The van der Waals surface area contributed by atoms with Gasteiger partial charge in [-0.05, 0) is 5.56 Å². The molecule has 1 aromatic heterocycles. The van der Waals surface area contributed by atoms with Crippen LogP contribution in [0.15, 0.2) is 34.9 Å². The minimum Gasteiger partial charge on any atom is -0.339 e. The first-order valence-corrected chi connectivity index (χ1v) is 8.40. The predicted octanol–water partition coefficient (Wildman–Crippen LogP) is 0.866. The molecule has 22 heavy (non-hydrogen) atoms. The van der Waals surface area contributed by atoms with E-state index in [1.54, 1.807) is 0 Å². The summed E-state index contributed by atoms with van der Waals surface area (Å²) < 4.78 is 31.7. The normalized spacial score (nSPS) is 16.9. The molecule has 0 bridgehead atoms. The Morgan fingerprint density at radius 3 is 2.59 bits per heavy atom. The average molecular weight is 322 g/mol. The molecular formula is C14H18N4O3S. The first kappa shape index (κ1) is 15.1. The molecule has 0 atom stereocenters. The van der Waals surface area contributed by atoms with Crippen LogP contribution in [0, 0.1) is 0 Å². The highest BCUT2D eigenvalue weighted by molar-refractivity contribution is 7.86. The van der Waals surface area contributed by atoms with Gasteiger partial charge in [-0.25, -0.2) is 0 Å². The van der Waals surface area contributed by atoms with Gasteiger partial charge in [0.15, 0.2) is 5.82 Å². The maximum Gasteiger partial charge on any atom is 0.281 e. The van der Waals surface area contributed by atoms with Crippen LogP contribution >= 0.6 is 0 Å². The minimum atomic E-state index is -3.35. The van der Waals surface area contributed by atoms with Crippen LogP contribution in [-0.4, -0.2) is 54.4 Å². The Morgan fingerprint density at radius 1 is 1.27 bits per heavy atom. The Hall–Kier alpha value is -1.77. The van der Waals surface area contributed by atoms with Gasteiger partial charge in [0, 0.05) is 33.6 Å². The topological polar surface area (TPSA) is 79.5 Å². The lowest BCUT2D eigenvalue weighted by atomic mass is 10.0. The lowest BCUT2D eigenvalue weighted by Gasteiger charge is -2.37. The zero-order chi connectivity index (χ0) is 15.7. The summed E-state index contributed by atoms with van der Waals surface area (Å²) in [6.45, 7) is 0.765. The van der Waals surface area contributed by atoms with E-state index in [9.17, 15) is 8.42 Å². The molecule has 0 aliphatic carbocycles. The third-order valence-corrected chi connectivity index (χ3v) is 5.55. The van der Waals surface area contributed by atoms with E-state index in [4.69, 9.17) is 4.52 Å². The smallest absolute Gasteiger partial charge is 0.281 e. The molecule has 0 saturated carbocycles. The van der Waals surface area contributed by atoms with E-state index in [0.29, 0.717) is 31.2 Å². The molecule has 1 aliphatic rings. The van der Waals surface area contributed by atoms with Gasteiger partial charge >= 0.3 is 0 Å². The van der Waals surface area contributed by atoms with E-state index in [1.165, 1.54) is 22.7 Å². The SMILES string of the molecule is CN(C)S(=O)(=O)N1CC(c2nc(Cc3ccccc3)no2)C1. The summed E-state index contributed by atoms with van der Waals surface area (Å²) in [6, 6.07) is 9.90. The molecule has 0 radical (unpaired) electrons. The predicted molar refractivity (Wildman–Crippen MR) is 80.5 cm³/mol. The molecule has 1 fully saturated rings. The zero-order valence-electron chi connectivity index (χ0n) is 12.5. The second-order valence-corrected chi connectivity index (χ2v) is 7.66. The summed E-state index contributed by atoms with van der Waals surface area (Å²) in [5.74, 6) is 1.11. The highest BCUT2D eigenvalue weighted by atomic mass is 32.2. The van der Waals surface area contributed by atoms with Crippen molar-refractivity contribution in [3.05, 3.63) is 47.6 Å². The van der Waals surface area contributed by atoms with Crippen molar-refractivity contribution >= 4 is 10.2 Å². The number of aromatic nitrogens is 2.